The second-order valence-electron chi connectivity index (χ2n) is 4.93. The number of hydrogen-bond donors (Lipinski definition) is 2. The Kier molecular flexibility index (Phi) is 12.2. The van der Waals surface area contributed by atoms with Crippen LogP contribution in [-0.4, -0.2) is 45.5 Å². The smallest absolute Gasteiger partial charge is 0.390 e. The van der Waals surface area contributed by atoms with Crippen LogP contribution in [0.15, 0.2) is 29.3 Å². The van der Waals surface area contributed by atoms with E-state index in [0.29, 0.717) is 43.6 Å². The first-order chi connectivity index (χ1) is 11.4. The van der Waals surface area contributed by atoms with Gasteiger partial charge in [0.1, 0.15) is 11.5 Å². The van der Waals surface area contributed by atoms with Crippen LogP contribution in [0.1, 0.15) is 19.8 Å². The predicted octanol–water partition coefficient (Wildman–Crippen LogP) is 3.59. The molecule has 144 valence electrons. The molecule has 0 fully saturated rings. The predicted molar refractivity (Wildman–Crippen MR) is 103 cm³/mol. The Morgan fingerprint density at radius 3 is 2.56 bits per heavy atom. The van der Waals surface area contributed by atoms with Crippen molar-refractivity contribution in [3.63, 3.8) is 0 Å². The van der Waals surface area contributed by atoms with Crippen molar-refractivity contribution in [3.8, 4) is 11.5 Å². The first kappa shape index (κ1) is 23.6. The lowest BCUT2D eigenvalue weighted by Crippen LogP contribution is -2.39. The van der Waals surface area contributed by atoms with Gasteiger partial charge in [-0.3, -0.25) is 4.99 Å². The van der Waals surface area contributed by atoms with Crippen LogP contribution in [0.2, 0.25) is 0 Å². The first-order valence-electron chi connectivity index (χ1n) is 7.80. The second-order valence-corrected chi connectivity index (χ2v) is 4.93. The van der Waals surface area contributed by atoms with Crippen LogP contribution < -0.4 is 20.1 Å². The number of nitrogens with zero attached hydrogens (tertiary/aromatic N) is 1. The van der Waals surface area contributed by atoms with Crippen molar-refractivity contribution in [2.45, 2.75) is 25.9 Å². The molecule has 0 heterocycles. The van der Waals surface area contributed by atoms with Gasteiger partial charge in [-0.15, -0.1) is 24.0 Å². The second kappa shape index (κ2) is 12.9. The van der Waals surface area contributed by atoms with Crippen molar-refractivity contribution in [2.24, 2.45) is 4.99 Å². The first-order valence-corrected chi connectivity index (χ1v) is 7.80. The van der Waals surface area contributed by atoms with Gasteiger partial charge in [-0.1, -0.05) is 6.07 Å². The summed E-state index contributed by atoms with van der Waals surface area (Å²) in [6.45, 7) is 3.14. The van der Waals surface area contributed by atoms with E-state index >= 15 is 0 Å². The highest BCUT2D eigenvalue weighted by Gasteiger charge is 2.26. The van der Waals surface area contributed by atoms with E-state index in [2.05, 4.69) is 15.6 Å². The molecule has 0 atom stereocenters. The highest BCUT2D eigenvalue weighted by atomic mass is 127. The van der Waals surface area contributed by atoms with Crippen molar-refractivity contribution in [1.82, 2.24) is 10.6 Å². The molecule has 1 aromatic rings. The summed E-state index contributed by atoms with van der Waals surface area (Å²) >= 11 is 0. The van der Waals surface area contributed by atoms with Gasteiger partial charge in [0, 0.05) is 32.1 Å². The number of hydrogen-bond acceptors (Lipinski definition) is 3. The van der Waals surface area contributed by atoms with Gasteiger partial charge < -0.3 is 20.1 Å². The summed E-state index contributed by atoms with van der Waals surface area (Å²) in [5.41, 5.74) is 0. The lowest BCUT2D eigenvalue weighted by atomic mass is 10.3. The Bertz CT molecular complexity index is 514. The minimum Gasteiger partial charge on any atom is -0.497 e. The zero-order valence-electron chi connectivity index (χ0n) is 14.4. The third-order valence-electron chi connectivity index (χ3n) is 2.93. The fourth-order valence-corrected chi connectivity index (χ4v) is 1.80. The van der Waals surface area contributed by atoms with E-state index in [1.54, 1.807) is 13.2 Å². The molecule has 0 aromatic heterocycles. The zero-order chi connectivity index (χ0) is 17.8. The largest absolute Gasteiger partial charge is 0.497 e. The van der Waals surface area contributed by atoms with E-state index in [0.717, 1.165) is 0 Å². The molecule has 0 spiro atoms. The van der Waals surface area contributed by atoms with Gasteiger partial charge in [0.15, 0.2) is 5.96 Å². The molecule has 1 aromatic carbocycles. The fraction of sp³-hybridized carbons (Fsp3) is 0.562. The van der Waals surface area contributed by atoms with E-state index in [1.807, 2.05) is 25.1 Å². The van der Waals surface area contributed by atoms with Crippen molar-refractivity contribution in [2.75, 3.05) is 33.4 Å². The standard InChI is InChI=1S/C16H24F3N3O2.HI/c1-3-20-15(22-10-8-16(17,18)19)21-9-5-11-24-14-7-4-6-13(12-14)23-2;/h4,6-7,12H,3,5,8-11H2,1-2H3,(H2,20,21,22);1H. The summed E-state index contributed by atoms with van der Waals surface area (Å²) in [6.07, 6.45) is -4.42. The molecule has 0 radical (unpaired) electrons. The highest BCUT2D eigenvalue weighted by molar-refractivity contribution is 14.0. The molecular weight excluding hydrogens is 450 g/mol. The van der Waals surface area contributed by atoms with Gasteiger partial charge >= 0.3 is 6.18 Å². The van der Waals surface area contributed by atoms with Gasteiger partial charge in [-0.05, 0) is 19.1 Å². The minimum atomic E-state index is -4.17. The Labute approximate surface area is 163 Å². The SMILES string of the molecule is CCNC(=NCCCOc1cccc(OC)c1)NCCC(F)(F)F.I. The number of nitrogens with one attached hydrogen (secondary N) is 2. The van der Waals surface area contributed by atoms with E-state index < -0.39 is 12.6 Å². The van der Waals surface area contributed by atoms with Crippen molar-refractivity contribution in [3.05, 3.63) is 24.3 Å². The van der Waals surface area contributed by atoms with Crippen LogP contribution >= 0.6 is 24.0 Å². The Hall–Kier alpha value is -1.39. The van der Waals surface area contributed by atoms with Crippen molar-refractivity contribution >= 4 is 29.9 Å². The monoisotopic (exact) mass is 475 g/mol. The number of rotatable bonds is 9. The van der Waals surface area contributed by atoms with Crippen molar-refractivity contribution < 1.29 is 22.6 Å². The van der Waals surface area contributed by atoms with Crippen LogP contribution in [0.3, 0.4) is 0 Å². The maximum atomic E-state index is 12.1. The quantitative estimate of drug-likeness (QED) is 0.248. The maximum absolute atomic E-state index is 12.1. The van der Waals surface area contributed by atoms with Gasteiger partial charge in [0.2, 0.25) is 0 Å². The number of ether oxygens (including phenoxy) is 2. The normalized spacial score (nSPS) is 11.5. The van der Waals surface area contributed by atoms with Crippen LogP contribution in [0, 0.1) is 0 Å². The molecule has 25 heavy (non-hydrogen) atoms. The molecule has 0 unspecified atom stereocenters. The topological polar surface area (TPSA) is 54.9 Å². The summed E-state index contributed by atoms with van der Waals surface area (Å²) in [5, 5.41) is 5.57. The molecule has 5 nitrogen and oxygen atoms in total. The molecule has 0 saturated heterocycles. The average molecular weight is 475 g/mol. The van der Waals surface area contributed by atoms with Gasteiger partial charge in [-0.25, -0.2) is 0 Å². The summed E-state index contributed by atoms with van der Waals surface area (Å²) < 4.78 is 47.1. The molecule has 2 N–H and O–H groups in total. The van der Waals surface area contributed by atoms with Crippen molar-refractivity contribution in [1.29, 1.82) is 0 Å². The minimum absolute atomic E-state index is 0. The number of guanidine groups is 1. The van der Waals surface area contributed by atoms with E-state index in [4.69, 9.17) is 9.47 Å². The fourth-order valence-electron chi connectivity index (χ4n) is 1.80. The van der Waals surface area contributed by atoms with E-state index in [1.165, 1.54) is 0 Å². The lowest BCUT2D eigenvalue weighted by Gasteiger charge is -2.12. The summed E-state index contributed by atoms with van der Waals surface area (Å²) in [7, 11) is 1.59. The number of halogens is 4. The van der Waals surface area contributed by atoms with Crippen LogP contribution in [0.4, 0.5) is 13.2 Å². The Balaban J connectivity index is 0.00000576. The third kappa shape index (κ3) is 11.7. The van der Waals surface area contributed by atoms with Gasteiger partial charge in [0.25, 0.3) is 0 Å². The van der Waals surface area contributed by atoms with E-state index in [9.17, 15) is 13.2 Å². The number of methoxy groups -OCH3 is 1. The van der Waals surface area contributed by atoms with Gasteiger partial charge in [-0.2, -0.15) is 13.2 Å². The lowest BCUT2D eigenvalue weighted by molar-refractivity contribution is -0.132. The van der Waals surface area contributed by atoms with Crippen LogP contribution in [0.5, 0.6) is 11.5 Å². The maximum Gasteiger partial charge on any atom is 0.390 e. The number of alkyl halides is 3. The molecule has 0 aliphatic rings. The van der Waals surface area contributed by atoms with Crippen LogP contribution in [-0.2, 0) is 0 Å². The van der Waals surface area contributed by atoms with Gasteiger partial charge in [0.05, 0.1) is 20.1 Å². The summed E-state index contributed by atoms with van der Waals surface area (Å²) in [4.78, 5) is 4.22. The average Bonchev–Trinajstić information content (AvgIpc) is 2.53. The zero-order valence-corrected chi connectivity index (χ0v) is 16.7. The molecule has 1 rings (SSSR count). The Morgan fingerprint density at radius 1 is 1.20 bits per heavy atom. The number of benzene rings is 1. The van der Waals surface area contributed by atoms with Crippen LogP contribution in [0.25, 0.3) is 0 Å². The molecule has 0 aliphatic carbocycles. The molecule has 0 aliphatic heterocycles. The molecule has 0 bridgehead atoms. The summed E-state index contributed by atoms with van der Waals surface area (Å²) in [6, 6.07) is 7.27. The molecule has 0 saturated carbocycles. The molecule has 0 amide bonds. The Morgan fingerprint density at radius 2 is 1.92 bits per heavy atom. The molecular formula is C16H25F3IN3O2. The number of aliphatic imine (C=N–C) groups is 1. The van der Waals surface area contributed by atoms with E-state index in [-0.39, 0.29) is 30.5 Å². The third-order valence-corrected chi connectivity index (χ3v) is 2.93. The summed E-state index contributed by atoms with van der Waals surface area (Å²) in [5.74, 6) is 1.80. The highest BCUT2D eigenvalue weighted by Crippen LogP contribution is 2.19. The molecule has 9 heteroatoms.